The number of benzene rings is 2. The van der Waals surface area contributed by atoms with Gasteiger partial charge >= 0.3 is 0 Å². The summed E-state index contributed by atoms with van der Waals surface area (Å²) >= 11 is 0. The molecule has 2 aromatic carbocycles. The van der Waals surface area contributed by atoms with Crippen LogP contribution in [-0.4, -0.2) is 82.6 Å². The number of hydrogen-bond acceptors (Lipinski definition) is 10. The van der Waals surface area contributed by atoms with Gasteiger partial charge in [0.25, 0.3) is 5.91 Å². The maximum absolute atomic E-state index is 14.1. The number of amides is 1. The average molecular weight is 549 g/mol. The maximum Gasteiger partial charge on any atom is 0.255 e. The van der Waals surface area contributed by atoms with E-state index < -0.39 is 58.0 Å². The van der Waals surface area contributed by atoms with E-state index in [-0.39, 0.29) is 29.7 Å². The van der Waals surface area contributed by atoms with Gasteiger partial charge < -0.3 is 36.8 Å². The lowest BCUT2D eigenvalue weighted by Crippen LogP contribution is -2.65. The Hall–Kier alpha value is -4.35. The molecular formula is C29H32N4O7. The summed E-state index contributed by atoms with van der Waals surface area (Å²) in [6, 6.07) is 7.49. The van der Waals surface area contributed by atoms with Crippen LogP contribution in [0.4, 0.5) is 11.4 Å². The Morgan fingerprint density at radius 2 is 1.75 bits per heavy atom. The molecule has 5 rings (SSSR count). The van der Waals surface area contributed by atoms with Crippen LogP contribution < -0.4 is 16.4 Å². The number of aromatic hydroxyl groups is 1. The number of carbonyl (C=O) groups is 3. The van der Waals surface area contributed by atoms with Crippen LogP contribution in [0.1, 0.15) is 17.5 Å². The van der Waals surface area contributed by atoms with E-state index >= 15 is 0 Å². The molecule has 40 heavy (non-hydrogen) atoms. The molecule has 11 heteroatoms. The van der Waals surface area contributed by atoms with Gasteiger partial charge in [-0.05, 0) is 62.2 Å². The number of nitrogen functional groups attached to an aromatic ring is 1. The Bertz CT molecular complexity index is 1560. The number of hydrogen-bond donors (Lipinski definition) is 6. The first-order chi connectivity index (χ1) is 18.7. The topological polar surface area (TPSA) is 191 Å². The zero-order chi connectivity index (χ0) is 29.4. The maximum atomic E-state index is 14.1. The summed E-state index contributed by atoms with van der Waals surface area (Å²) in [6.07, 6.45) is 0.225. The van der Waals surface area contributed by atoms with Gasteiger partial charge in [0.1, 0.15) is 22.8 Å². The summed E-state index contributed by atoms with van der Waals surface area (Å²) < 4.78 is 0. The van der Waals surface area contributed by atoms with Gasteiger partial charge in [0.05, 0.1) is 11.6 Å². The van der Waals surface area contributed by atoms with Crippen LogP contribution in [0.25, 0.3) is 16.9 Å². The Labute approximate surface area is 230 Å². The van der Waals surface area contributed by atoms with Crippen LogP contribution in [0.5, 0.6) is 5.75 Å². The largest absolute Gasteiger partial charge is 0.508 e. The van der Waals surface area contributed by atoms with Crippen LogP contribution in [0, 0.1) is 11.8 Å². The van der Waals surface area contributed by atoms with Crippen molar-refractivity contribution in [2.24, 2.45) is 17.6 Å². The minimum atomic E-state index is -2.68. The van der Waals surface area contributed by atoms with Crippen molar-refractivity contribution in [2.75, 3.05) is 38.8 Å². The van der Waals surface area contributed by atoms with E-state index in [1.165, 1.54) is 4.90 Å². The summed E-state index contributed by atoms with van der Waals surface area (Å²) in [4.78, 5) is 42.8. The minimum absolute atomic E-state index is 0.0242. The summed E-state index contributed by atoms with van der Waals surface area (Å²) in [5, 5.41) is 45.8. The van der Waals surface area contributed by atoms with E-state index in [9.17, 15) is 34.8 Å². The van der Waals surface area contributed by atoms with Crippen LogP contribution in [0.2, 0.25) is 0 Å². The predicted molar refractivity (Wildman–Crippen MR) is 148 cm³/mol. The van der Waals surface area contributed by atoms with E-state index in [4.69, 9.17) is 11.5 Å². The second kappa shape index (κ2) is 9.10. The number of aliphatic hydroxyl groups is 3. The molecule has 1 saturated carbocycles. The number of fused-ring (bicyclic) bond motifs is 3. The van der Waals surface area contributed by atoms with Crippen LogP contribution >= 0.6 is 0 Å². The van der Waals surface area contributed by atoms with E-state index in [0.717, 1.165) is 0 Å². The lowest BCUT2D eigenvalue weighted by Gasteiger charge is -2.50. The van der Waals surface area contributed by atoms with Crippen molar-refractivity contribution in [3.63, 3.8) is 0 Å². The number of carbonyl (C=O) groups excluding carboxylic acids is 3. The van der Waals surface area contributed by atoms with Crippen LogP contribution in [0.3, 0.4) is 0 Å². The third kappa shape index (κ3) is 3.61. The number of likely N-dealkylation sites (N-methyl/N-ethyl adjacent to an activating group) is 1. The molecule has 1 amide bonds. The minimum Gasteiger partial charge on any atom is -0.508 e. The Morgan fingerprint density at radius 3 is 2.33 bits per heavy atom. The fourth-order valence-electron chi connectivity index (χ4n) is 6.62. The highest BCUT2D eigenvalue weighted by Gasteiger charge is 2.64. The number of primary amides is 1. The number of nitrogens with two attached hydrogens (primary N) is 2. The summed E-state index contributed by atoms with van der Waals surface area (Å²) in [5.74, 6) is -6.83. The Balaban J connectivity index is 1.78. The van der Waals surface area contributed by atoms with Crippen molar-refractivity contribution in [2.45, 2.75) is 24.5 Å². The van der Waals surface area contributed by atoms with Gasteiger partial charge in [-0.3, -0.25) is 19.3 Å². The Kier molecular flexibility index (Phi) is 6.20. The monoisotopic (exact) mass is 548 g/mol. The third-order valence-corrected chi connectivity index (χ3v) is 8.38. The van der Waals surface area contributed by atoms with Gasteiger partial charge in [-0.25, -0.2) is 0 Å². The number of aliphatic hydroxyl groups excluding tert-OH is 2. The molecule has 1 fully saturated rings. The second-order valence-corrected chi connectivity index (χ2v) is 11.1. The first-order valence-electron chi connectivity index (χ1n) is 12.8. The number of Topliss-reactive ketones (excluding diaryl/α,β-unsaturated/α-hetero) is 2. The molecule has 0 radical (unpaired) electrons. The summed E-state index contributed by atoms with van der Waals surface area (Å²) in [5.41, 5.74) is 10.3. The number of ketones is 2. The van der Waals surface area contributed by atoms with Gasteiger partial charge in [-0.2, -0.15) is 0 Å². The predicted octanol–water partition coefficient (Wildman–Crippen LogP) is 1.28. The number of anilines is 2. The molecule has 3 aliphatic carbocycles. The molecule has 0 aromatic heterocycles. The van der Waals surface area contributed by atoms with Crippen molar-refractivity contribution >= 4 is 34.6 Å². The molecule has 11 nitrogen and oxygen atoms in total. The standard InChI is InChI=1S/C29H32N4O7/c1-32(2)18-11-15(12-6-5-7-14(30)8-12)23(34)20-16(18)9-13-10-17-22(33(3)4)25(36)21(28(31)39)27(38)29(17,40)26(37)19(13)24(20)35/h5-8,11,13,17,22,34-35,38,40H,9-10,30H2,1-4H3,(H2,31,39). The molecule has 210 valence electrons. The summed E-state index contributed by atoms with van der Waals surface area (Å²) in [7, 11) is 6.75. The van der Waals surface area contributed by atoms with Gasteiger partial charge in [-0.15, -0.1) is 0 Å². The van der Waals surface area contributed by atoms with E-state index in [2.05, 4.69) is 0 Å². The van der Waals surface area contributed by atoms with E-state index in [0.29, 0.717) is 28.1 Å². The quantitative estimate of drug-likeness (QED) is 0.240. The van der Waals surface area contributed by atoms with Crippen molar-refractivity contribution < 1.29 is 34.8 Å². The molecule has 0 heterocycles. The normalized spacial score (nSPS) is 26.0. The highest BCUT2D eigenvalue weighted by atomic mass is 16.3. The van der Waals surface area contributed by atoms with Gasteiger partial charge in [0.15, 0.2) is 11.4 Å². The zero-order valence-electron chi connectivity index (χ0n) is 22.6. The smallest absolute Gasteiger partial charge is 0.255 e. The molecule has 4 unspecified atom stereocenters. The SMILES string of the molecule is CN(C)c1cc(-c2cccc(N)c2)c(O)c2c1CC1CC3C(N(C)C)C(=O)C(C(N)=O)=C(O)C3(O)C(=O)C1=C2O. The van der Waals surface area contributed by atoms with Crippen molar-refractivity contribution in [3.05, 3.63) is 58.4 Å². The molecular weight excluding hydrogens is 516 g/mol. The van der Waals surface area contributed by atoms with E-state index in [1.54, 1.807) is 44.4 Å². The lowest BCUT2D eigenvalue weighted by atomic mass is 9.57. The molecule has 2 aromatic rings. The first-order valence-corrected chi connectivity index (χ1v) is 12.8. The fourth-order valence-corrected chi connectivity index (χ4v) is 6.62. The molecule has 8 N–H and O–H groups in total. The van der Waals surface area contributed by atoms with Crippen LogP contribution in [-0.2, 0) is 20.8 Å². The van der Waals surface area contributed by atoms with Crippen LogP contribution in [0.15, 0.2) is 47.2 Å². The van der Waals surface area contributed by atoms with E-state index in [1.807, 2.05) is 19.0 Å². The van der Waals surface area contributed by atoms with Crippen molar-refractivity contribution in [1.82, 2.24) is 4.90 Å². The molecule has 0 aliphatic heterocycles. The van der Waals surface area contributed by atoms with Crippen molar-refractivity contribution in [3.8, 4) is 16.9 Å². The lowest BCUT2D eigenvalue weighted by molar-refractivity contribution is -0.153. The number of nitrogens with zero attached hydrogens (tertiary/aromatic N) is 2. The van der Waals surface area contributed by atoms with Gasteiger partial charge in [0.2, 0.25) is 5.78 Å². The summed E-state index contributed by atoms with van der Waals surface area (Å²) in [6.45, 7) is 0. The zero-order valence-corrected chi connectivity index (χ0v) is 22.6. The number of phenolic OH excluding ortho intramolecular Hbond substituents is 1. The second-order valence-electron chi connectivity index (χ2n) is 11.1. The highest BCUT2D eigenvalue weighted by molar-refractivity contribution is 6.24. The number of phenols is 1. The average Bonchev–Trinajstić information content (AvgIpc) is 2.85. The molecule has 0 bridgehead atoms. The van der Waals surface area contributed by atoms with Crippen molar-refractivity contribution in [1.29, 1.82) is 0 Å². The molecule has 4 atom stereocenters. The first kappa shape index (κ1) is 27.2. The molecule has 3 aliphatic rings. The van der Waals surface area contributed by atoms with Gasteiger partial charge in [-0.1, -0.05) is 12.1 Å². The third-order valence-electron chi connectivity index (χ3n) is 8.38. The van der Waals surface area contributed by atoms with Gasteiger partial charge in [0, 0.05) is 42.5 Å². The highest BCUT2D eigenvalue weighted by Crippen LogP contribution is 2.54. The number of rotatable bonds is 4. The Morgan fingerprint density at radius 1 is 1.07 bits per heavy atom. The molecule has 0 saturated heterocycles. The fraction of sp³-hybridized carbons (Fsp3) is 0.345. The molecule has 0 spiro atoms.